The van der Waals surface area contributed by atoms with Crippen LogP contribution in [0.2, 0.25) is 0 Å². The van der Waals surface area contributed by atoms with E-state index >= 15 is 0 Å². The zero-order valence-corrected chi connectivity index (χ0v) is 13.2. The summed E-state index contributed by atoms with van der Waals surface area (Å²) in [5, 5.41) is 5.42. The summed E-state index contributed by atoms with van der Waals surface area (Å²) in [7, 11) is 0. The molecule has 1 aromatic carbocycles. The first-order chi connectivity index (χ1) is 10.7. The highest BCUT2D eigenvalue weighted by Gasteiger charge is 2.08. The molecule has 122 valence electrons. The molecule has 0 heterocycles. The Kier molecular flexibility index (Phi) is 8.67. The Balaban J connectivity index is 2.35. The molecule has 2 amide bonds. The highest BCUT2D eigenvalue weighted by molar-refractivity contribution is 5.93. The van der Waals surface area contributed by atoms with Gasteiger partial charge in [0.15, 0.2) is 0 Å². The summed E-state index contributed by atoms with van der Waals surface area (Å²) in [5.41, 5.74) is 0.956. The first-order valence-electron chi connectivity index (χ1n) is 7.57. The van der Waals surface area contributed by atoms with Gasteiger partial charge in [0.05, 0.1) is 12.2 Å². The fraction of sp³-hybridized carbons (Fsp3) is 0.500. The molecule has 0 unspecified atom stereocenters. The maximum Gasteiger partial charge on any atom is 0.338 e. The minimum Gasteiger partial charge on any atom is -0.462 e. The second-order valence-electron chi connectivity index (χ2n) is 4.65. The van der Waals surface area contributed by atoms with Crippen molar-refractivity contribution in [3.05, 3.63) is 29.8 Å². The van der Waals surface area contributed by atoms with Crippen LogP contribution in [0.1, 0.15) is 37.0 Å². The van der Waals surface area contributed by atoms with Gasteiger partial charge in [-0.3, -0.25) is 0 Å². The van der Waals surface area contributed by atoms with Gasteiger partial charge >= 0.3 is 12.0 Å². The van der Waals surface area contributed by atoms with Gasteiger partial charge in [0.25, 0.3) is 0 Å². The number of esters is 1. The normalized spacial score (nSPS) is 10.1. The van der Waals surface area contributed by atoms with Crippen LogP contribution in [0.15, 0.2) is 24.3 Å². The summed E-state index contributed by atoms with van der Waals surface area (Å²) < 4.78 is 10.2. The lowest BCUT2D eigenvalue weighted by molar-refractivity contribution is 0.0526. The van der Waals surface area contributed by atoms with E-state index in [0.29, 0.717) is 31.0 Å². The number of anilines is 1. The number of urea groups is 1. The van der Waals surface area contributed by atoms with Gasteiger partial charge in [-0.1, -0.05) is 13.0 Å². The van der Waals surface area contributed by atoms with Gasteiger partial charge in [-0.05, 0) is 38.0 Å². The summed E-state index contributed by atoms with van der Waals surface area (Å²) in [6.07, 6.45) is 1.75. The maximum atomic E-state index is 11.7. The van der Waals surface area contributed by atoms with E-state index in [1.807, 2.05) is 0 Å². The number of rotatable bonds is 9. The molecule has 1 rings (SSSR count). The number of hydrogen-bond donors (Lipinski definition) is 2. The standard InChI is InChI=1S/C16H24N2O4/c1-3-10-21-11-6-9-17-16(20)18-14-8-5-7-13(12-14)15(19)22-4-2/h5,7-8,12H,3-4,6,9-11H2,1-2H3,(H2,17,18,20). The molecule has 0 spiro atoms. The molecular formula is C16H24N2O4. The minimum absolute atomic E-state index is 0.309. The zero-order valence-electron chi connectivity index (χ0n) is 13.2. The molecule has 0 saturated heterocycles. The SMILES string of the molecule is CCCOCCCNC(=O)Nc1cccc(C(=O)OCC)c1. The fourth-order valence-corrected chi connectivity index (χ4v) is 1.74. The lowest BCUT2D eigenvalue weighted by Crippen LogP contribution is -2.30. The van der Waals surface area contributed by atoms with Crippen LogP contribution in [0, 0.1) is 0 Å². The maximum absolute atomic E-state index is 11.7. The largest absolute Gasteiger partial charge is 0.462 e. The number of amides is 2. The van der Waals surface area contributed by atoms with Gasteiger partial charge in [-0.25, -0.2) is 9.59 Å². The van der Waals surface area contributed by atoms with Crippen molar-refractivity contribution >= 4 is 17.7 Å². The van der Waals surface area contributed by atoms with Gasteiger partial charge in [0.2, 0.25) is 0 Å². The number of ether oxygens (including phenoxy) is 2. The molecule has 0 bridgehead atoms. The van der Waals surface area contributed by atoms with E-state index in [1.165, 1.54) is 0 Å². The van der Waals surface area contributed by atoms with Gasteiger partial charge in [0, 0.05) is 25.4 Å². The van der Waals surface area contributed by atoms with Crippen LogP contribution in [-0.2, 0) is 9.47 Å². The first kappa shape index (κ1) is 18.0. The Morgan fingerprint density at radius 3 is 2.73 bits per heavy atom. The molecule has 0 aliphatic carbocycles. The molecule has 22 heavy (non-hydrogen) atoms. The summed E-state index contributed by atoms with van der Waals surface area (Å²) >= 11 is 0. The van der Waals surface area contributed by atoms with Crippen molar-refractivity contribution in [1.29, 1.82) is 0 Å². The molecule has 6 heteroatoms. The Morgan fingerprint density at radius 1 is 1.18 bits per heavy atom. The van der Waals surface area contributed by atoms with Crippen molar-refractivity contribution in [2.24, 2.45) is 0 Å². The van der Waals surface area contributed by atoms with Crippen molar-refractivity contribution in [3.8, 4) is 0 Å². The van der Waals surface area contributed by atoms with E-state index in [9.17, 15) is 9.59 Å². The predicted molar refractivity (Wildman–Crippen MR) is 85.1 cm³/mol. The van der Waals surface area contributed by atoms with Crippen molar-refractivity contribution in [2.75, 3.05) is 31.7 Å². The topological polar surface area (TPSA) is 76.7 Å². The van der Waals surface area contributed by atoms with Crippen molar-refractivity contribution < 1.29 is 19.1 Å². The van der Waals surface area contributed by atoms with Gasteiger partial charge < -0.3 is 20.1 Å². The Labute approximate surface area is 131 Å². The molecule has 0 radical (unpaired) electrons. The predicted octanol–water partition coefficient (Wildman–Crippen LogP) is 2.80. The average molecular weight is 308 g/mol. The second-order valence-corrected chi connectivity index (χ2v) is 4.65. The number of nitrogens with one attached hydrogen (secondary N) is 2. The highest BCUT2D eigenvalue weighted by atomic mass is 16.5. The molecule has 0 fully saturated rings. The second kappa shape index (κ2) is 10.6. The van der Waals surface area contributed by atoms with E-state index in [4.69, 9.17) is 9.47 Å². The Hall–Kier alpha value is -2.08. The third kappa shape index (κ3) is 7.08. The summed E-state index contributed by atoms with van der Waals surface area (Å²) in [4.78, 5) is 23.3. The van der Waals surface area contributed by atoms with Gasteiger partial charge in [0.1, 0.15) is 0 Å². The molecule has 2 N–H and O–H groups in total. The molecule has 0 saturated carbocycles. The third-order valence-electron chi connectivity index (χ3n) is 2.73. The van der Waals surface area contributed by atoms with Crippen LogP contribution in [-0.4, -0.2) is 38.4 Å². The van der Waals surface area contributed by atoms with Crippen molar-refractivity contribution in [1.82, 2.24) is 5.32 Å². The van der Waals surface area contributed by atoms with Gasteiger partial charge in [-0.15, -0.1) is 0 Å². The Morgan fingerprint density at radius 2 is 2.00 bits per heavy atom. The number of hydrogen-bond acceptors (Lipinski definition) is 4. The van der Waals surface area contributed by atoms with E-state index in [-0.39, 0.29) is 6.03 Å². The smallest absolute Gasteiger partial charge is 0.338 e. The van der Waals surface area contributed by atoms with E-state index in [2.05, 4.69) is 17.6 Å². The van der Waals surface area contributed by atoms with E-state index in [1.54, 1.807) is 31.2 Å². The fourth-order valence-electron chi connectivity index (χ4n) is 1.74. The number of carbonyl (C=O) groups excluding carboxylic acids is 2. The van der Waals surface area contributed by atoms with Gasteiger partial charge in [-0.2, -0.15) is 0 Å². The van der Waals surface area contributed by atoms with Crippen LogP contribution < -0.4 is 10.6 Å². The van der Waals surface area contributed by atoms with Crippen LogP contribution in [0.5, 0.6) is 0 Å². The van der Waals surface area contributed by atoms with E-state index < -0.39 is 5.97 Å². The van der Waals surface area contributed by atoms with Crippen LogP contribution in [0.4, 0.5) is 10.5 Å². The molecule has 6 nitrogen and oxygen atoms in total. The quantitative estimate of drug-likeness (QED) is 0.543. The van der Waals surface area contributed by atoms with E-state index in [0.717, 1.165) is 19.4 Å². The summed E-state index contributed by atoms with van der Waals surface area (Å²) in [6, 6.07) is 6.33. The molecule has 0 aliphatic rings. The molecule has 0 atom stereocenters. The van der Waals surface area contributed by atoms with Crippen LogP contribution in [0.3, 0.4) is 0 Å². The zero-order chi connectivity index (χ0) is 16.2. The van der Waals surface area contributed by atoms with Crippen LogP contribution >= 0.6 is 0 Å². The summed E-state index contributed by atoms with van der Waals surface area (Å²) in [5.74, 6) is -0.403. The molecule has 0 aromatic heterocycles. The lowest BCUT2D eigenvalue weighted by Gasteiger charge is -2.09. The average Bonchev–Trinajstić information content (AvgIpc) is 2.51. The van der Waals surface area contributed by atoms with Crippen LogP contribution in [0.25, 0.3) is 0 Å². The molecule has 1 aromatic rings. The summed E-state index contributed by atoms with van der Waals surface area (Å²) in [6.45, 7) is 6.03. The number of carbonyl (C=O) groups is 2. The highest BCUT2D eigenvalue weighted by Crippen LogP contribution is 2.11. The Bertz CT molecular complexity index is 477. The minimum atomic E-state index is -0.403. The number of benzene rings is 1. The molecular weight excluding hydrogens is 284 g/mol. The van der Waals surface area contributed by atoms with Crippen molar-refractivity contribution in [2.45, 2.75) is 26.7 Å². The third-order valence-corrected chi connectivity index (χ3v) is 2.73. The first-order valence-corrected chi connectivity index (χ1v) is 7.57. The molecule has 0 aliphatic heterocycles. The van der Waals surface area contributed by atoms with Crippen molar-refractivity contribution in [3.63, 3.8) is 0 Å². The lowest BCUT2D eigenvalue weighted by atomic mass is 10.2. The monoisotopic (exact) mass is 308 g/mol.